The lowest BCUT2D eigenvalue weighted by molar-refractivity contribution is 0.103. The number of carbonyl (C=O) groups is 1. The van der Waals surface area contributed by atoms with E-state index in [9.17, 15) is 13.6 Å². The Bertz CT molecular complexity index is 1140. The van der Waals surface area contributed by atoms with Gasteiger partial charge in [0, 0.05) is 10.6 Å². The van der Waals surface area contributed by atoms with Crippen molar-refractivity contribution in [2.45, 2.75) is 27.2 Å². The molecule has 2 aromatic carbocycles. The molecule has 30 heavy (non-hydrogen) atoms. The van der Waals surface area contributed by atoms with Crippen molar-refractivity contribution in [2.24, 2.45) is 5.41 Å². The summed E-state index contributed by atoms with van der Waals surface area (Å²) in [6.45, 7) is 6.10. The van der Waals surface area contributed by atoms with E-state index < -0.39 is 11.6 Å². The Labute approximate surface area is 183 Å². The average Bonchev–Trinajstić information content (AvgIpc) is 2.95. The maximum Gasteiger partial charge on any atom is 0.196 e. The molecule has 3 rings (SSSR count). The highest BCUT2D eigenvalue weighted by Gasteiger charge is 2.26. The summed E-state index contributed by atoms with van der Waals surface area (Å²) in [4.78, 5) is 13.7. The lowest BCUT2D eigenvalue weighted by Gasteiger charge is -2.19. The van der Waals surface area contributed by atoms with E-state index in [-0.39, 0.29) is 16.8 Å². The third-order valence-corrected chi connectivity index (χ3v) is 5.57. The predicted molar refractivity (Wildman–Crippen MR) is 119 cm³/mol. The molecule has 0 aliphatic carbocycles. The average molecular weight is 444 g/mol. The van der Waals surface area contributed by atoms with Crippen LogP contribution in [0.3, 0.4) is 0 Å². The Morgan fingerprint density at radius 2 is 1.67 bits per heavy atom. The molecule has 154 valence electrons. The Morgan fingerprint density at radius 1 is 1.07 bits per heavy atom. The molecular weight excluding hydrogens is 424 g/mol. The summed E-state index contributed by atoms with van der Waals surface area (Å²) in [5.41, 5.74) is 7.27. The van der Waals surface area contributed by atoms with Gasteiger partial charge in [0.15, 0.2) is 5.78 Å². The quantitative estimate of drug-likeness (QED) is 0.371. The molecule has 0 aliphatic heterocycles. The first-order valence-electron chi connectivity index (χ1n) is 9.24. The second-order valence-corrected chi connectivity index (χ2v) is 9.56. The maximum atomic E-state index is 14.0. The van der Waals surface area contributed by atoms with Gasteiger partial charge in [0.1, 0.15) is 11.6 Å². The predicted octanol–water partition coefficient (Wildman–Crippen LogP) is 6.48. The van der Waals surface area contributed by atoms with Gasteiger partial charge in [0.05, 0.1) is 21.0 Å². The van der Waals surface area contributed by atoms with Crippen LogP contribution < -0.4 is 5.73 Å². The molecule has 0 amide bonds. The number of nitrogen functional groups attached to an aromatic ring is 1. The van der Waals surface area contributed by atoms with Crippen molar-refractivity contribution >= 4 is 33.7 Å². The summed E-state index contributed by atoms with van der Waals surface area (Å²) < 4.78 is 27.9. The van der Waals surface area contributed by atoms with E-state index >= 15 is 0 Å². The number of thiophene rings is 1. The van der Waals surface area contributed by atoms with Crippen molar-refractivity contribution in [1.29, 1.82) is 0 Å². The molecule has 0 fully saturated rings. The van der Waals surface area contributed by atoms with Crippen molar-refractivity contribution in [3.8, 4) is 11.8 Å². The van der Waals surface area contributed by atoms with Gasteiger partial charge < -0.3 is 5.73 Å². The van der Waals surface area contributed by atoms with Crippen LogP contribution in [0, 0.1) is 28.9 Å². The van der Waals surface area contributed by atoms with Crippen LogP contribution in [0.2, 0.25) is 5.02 Å². The van der Waals surface area contributed by atoms with E-state index in [0.29, 0.717) is 38.0 Å². The molecule has 0 unspecified atom stereocenters. The first-order valence-corrected chi connectivity index (χ1v) is 10.4. The van der Waals surface area contributed by atoms with Gasteiger partial charge in [-0.2, -0.15) is 0 Å². The van der Waals surface area contributed by atoms with E-state index in [4.69, 9.17) is 17.3 Å². The van der Waals surface area contributed by atoms with E-state index in [1.165, 1.54) is 6.07 Å². The molecule has 1 heterocycles. The van der Waals surface area contributed by atoms with Crippen LogP contribution >= 0.6 is 22.9 Å². The lowest BCUT2D eigenvalue weighted by atomic mass is 9.85. The third kappa shape index (κ3) is 4.89. The van der Waals surface area contributed by atoms with Gasteiger partial charge in [0.25, 0.3) is 0 Å². The van der Waals surface area contributed by atoms with E-state index in [2.05, 4.69) is 11.8 Å². The molecule has 1 aromatic heterocycles. The van der Waals surface area contributed by atoms with Gasteiger partial charge >= 0.3 is 0 Å². The summed E-state index contributed by atoms with van der Waals surface area (Å²) in [5.74, 6) is 3.72. The van der Waals surface area contributed by atoms with Crippen LogP contribution in [0.4, 0.5) is 13.8 Å². The molecule has 2 nitrogen and oxygen atoms in total. The first kappa shape index (κ1) is 22.0. The fraction of sp³-hybridized carbons (Fsp3) is 0.208. The van der Waals surface area contributed by atoms with Gasteiger partial charge in [0.2, 0.25) is 0 Å². The molecule has 0 spiro atoms. The van der Waals surface area contributed by atoms with Crippen molar-refractivity contribution in [3.63, 3.8) is 0 Å². The highest BCUT2D eigenvalue weighted by atomic mass is 35.5. The van der Waals surface area contributed by atoms with Gasteiger partial charge in [-0.25, -0.2) is 8.78 Å². The normalized spacial score (nSPS) is 11.1. The van der Waals surface area contributed by atoms with Gasteiger partial charge in [-0.05, 0) is 53.8 Å². The fourth-order valence-electron chi connectivity index (χ4n) is 3.02. The van der Waals surface area contributed by atoms with Crippen molar-refractivity contribution in [2.75, 3.05) is 5.73 Å². The number of nitrogens with two attached hydrogens (primary N) is 1. The van der Waals surface area contributed by atoms with E-state index in [0.717, 1.165) is 23.5 Å². The zero-order valence-electron chi connectivity index (χ0n) is 16.8. The number of benzene rings is 2. The van der Waals surface area contributed by atoms with E-state index in [1.54, 1.807) is 24.3 Å². The van der Waals surface area contributed by atoms with Gasteiger partial charge in [-0.15, -0.1) is 11.3 Å². The molecule has 0 bridgehead atoms. The van der Waals surface area contributed by atoms with Crippen LogP contribution in [0.15, 0.2) is 42.5 Å². The molecule has 3 aromatic rings. The smallest absolute Gasteiger partial charge is 0.196 e. The standard InChI is InChI=1S/C24H20ClF2NOS/c1-24(2,3)13-17-20(12-11-16-18(26)5-4-6-19(16)27)30-23(28)21(17)22(29)14-7-9-15(25)10-8-14/h4-10H,13,28H2,1-3H3. The Balaban J connectivity index is 2.14. The van der Waals surface area contributed by atoms with Crippen LogP contribution in [0.5, 0.6) is 0 Å². The minimum Gasteiger partial charge on any atom is -0.390 e. The molecule has 0 saturated heterocycles. The monoisotopic (exact) mass is 443 g/mol. The molecule has 0 radical (unpaired) electrons. The number of halogens is 3. The second kappa shape index (κ2) is 8.59. The van der Waals surface area contributed by atoms with Crippen LogP contribution in [0.1, 0.15) is 52.7 Å². The summed E-state index contributed by atoms with van der Waals surface area (Å²) in [7, 11) is 0. The van der Waals surface area contributed by atoms with Gasteiger partial charge in [-0.1, -0.05) is 50.3 Å². The molecular formula is C24H20ClF2NOS. The molecule has 6 heteroatoms. The number of hydrogen-bond acceptors (Lipinski definition) is 3. The SMILES string of the molecule is CC(C)(C)Cc1c(C#Cc2c(F)cccc2F)sc(N)c1C(=O)c1ccc(Cl)cc1. The van der Waals surface area contributed by atoms with E-state index in [1.807, 2.05) is 20.8 Å². The maximum absolute atomic E-state index is 14.0. The Morgan fingerprint density at radius 3 is 2.23 bits per heavy atom. The zero-order chi connectivity index (χ0) is 22.1. The Hall–Kier alpha value is -2.68. The minimum absolute atomic E-state index is 0.164. The van der Waals surface area contributed by atoms with Crippen LogP contribution in [0.25, 0.3) is 0 Å². The largest absolute Gasteiger partial charge is 0.390 e. The van der Waals surface area contributed by atoms with Crippen LogP contribution in [-0.2, 0) is 6.42 Å². The van der Waals surface area contributed by atoms with Crippen LogP contribution in [-0.4, -0.2) is 5.78 Å². The zero-order valence-corrected chi connectivity index (χ0v) is 18.3. The summed E-state index contributed by atoms with van der Waals surface area (Å²) in [6, 6.07) is 10.2. The first-order chi connectivity index (χ1) is 14.1. The number of hydrogen-bond donors (Lipinski definition) is 1. The van der Waals surface area contributed by atoms with Crippen molar-refractivity contribution in [1.82, 2.24) is 0 Å². The fourth-order valence-corrected chi connectivity index (χ4v) is 4.08. The number of rotatable bonds is 3. The van der Waals surface area contributed by atoms with Crippen molar-refractivity contribution < 1.29 is 13.6 Å². The molecule has 2 N–H and O–H groups in total. The minimum atomic E-state index is -0.734. The number of carbonyl (C=O) groups excluding carboxylic acids is 1. The number of ketones is 1. The van der Waals surface area contributed by atoms with Gasteiger partial charge in [-0.3, -0.25) is 4.79 Å². The second-order valence-electron chi connectivity index (χ2n) is 8.07. The highest BCUT2D eigenvalue weighted by Crippen LogP contribution is 2.36. The Kier molecular flexibility index (Phi) is 6.30. The third-order valence-electron chi connectivity index (χ3n) is 4.34. The molecule has 0 aliphatic rings. The van der Waals surface area contributed by atoms with Crippen molar-refractivity contribution in [3.05, 3.63) is 86.3 Å². The summed E-state index contributed by atoms with van der Waals surface area (Å²) in [5, 5.41) is 0.853. The molecule has 0 saturated carbocycles. The summed E-state index contributed by atoms with van der Waals surface area (Å²) in [6.07, 6.45) is 0.527. The topological polar surface area (TPSA) is 43.1 Å². The lowest BCUT2D eigenvalue weighted by Crippen LogP contribution is -2.14. The highest BCUT2D eigenvalue weighted by molar-refractivity contribution is 7.17. The number of anilines is 1. The summed E-state index contributed by atoms with van der Waals surface area (Å²) >= 11 is 7.08. The molecule has 0 atom stereocenters.